The van der Waals surface area contributed by atoms with Crippen molar-refractivity contribution in [3.05, 3.63) is 0 Å². The molecular weight excluding hydrogens is 900 g/mol. The summed E-state index contributed by atoms with van der Waals surface area (Å²) in [6.45, 7) is -2.50. The molecule has 0 heterocycles. The maximum Gasteiger partial charge on any atom is 0.460 e. The van der Waals surface area contributed by atoms with Gasteiger partial charge in [0.05, 0.1) is 12.1 Å². The highest BCUT2D eigenvalue weighted by atomic mass is 19.4. The van der Waals surface area contributed by atoms with E-state index in [2.05, 4.69) is 0 Å². The fourth-order valence-corrected chi connectivity index (χ4v) is 3.48. The van der Waals surface area contributed by atoms with Crippen LogP contribution in [0, 0.1) is 0 Å². The van der Waals surface area contributed by atoms with Crippen LogP contribution in [0.15, 0.2) is 0 Å². The molecule has 2 atom stereocenters. The standard InChI is InChI=1S/C20H9F34N/c1-3(5(21,22)7(25,26)9(29,30)11(33,34)13(37,38)15(41,42)17(45,46)19(49,50)51)55-4(2)6(23,24)8(27,28)10(31,32)12(35,36)14(39,40)16(43,44)18(47,48)20(52,53)54/h3-4,55H,1-2H3. The topological polar surface area (TPSA) is 12.0 Å². The van der Waals surface area contributed by atoms with E-state index < -0.39 is 127 Å². The summed E-state index contributed by atoms with van der Waals surface area (Å²) >= 11 is 0. The largest absolute Gasteiger partial charge is 0.460 e. The second-order valence-electron chi connectivity index (χ2n) is 10.7. The molecule has 0 radical (unpaired) electrons. The van der Waals surface area contributed by atoms with Crippen LogP contribution < -0.4 is 5.32 Å². The molecule has 0 fully saturated rings. The van der Waals surface area contributed by atoms with E-state index in [1.54, 1.807) is 0 Å². The van der Waals surface area contributed by atoms with E-state index >= 15 is 0 Å². The van der Waals surface area contributed by atoms with E-state index in [0.29, 0.717) is 0 Å². The third kappa shape index (κ3) is 6.51. The number of alkyl halides is 34. The van der Waals surface area contributed by atoms with Gasteiger partial charge in [-0.05, 0) is 13.8 Å². The SMILES string of the molecule is CC(NC(C)C(F)(F)C(F)(F)C(F)(F)C(F)(F)C(F)(F)C(F)(F)C(F)(F)C(F)(F)F)C(F)(F)C(F)(F)C(F)(F)C(F)(F)C(F)(F)C(F)(F)C(F)(F)C(F)(F)F. The van der Waals surface area contributed by atoms with Crippen LogP contribution in [0.3, 0.4) is 0 Å². The first-order valence-electron chi connectivity index (χ1n) is 12.2. The molecule has 0 aliphatic rings. The molecule has 0 rings (SSSR count). The van der Waals surface area contributed by atoms with Crippen molar-refractivity contribution < 1.29 is 149 Å². The zero-order valence-corrected chi connectivity index (χ0v) is 24.5. The number of hydrogen-bond donors (Lipinski definition) is 1. The van der Waals surface area contributed by atoms with Gasteiger partial charge < -0.3 is 5.32 Å². The lowest BCUT2D eigenvalue weighted by Gasteiger charge is -2.45. The second kappa shape index (κ2) is 13.0. The molecule has 0 aromatic rings. The Balaban J connectivity index is 7.15. The monoisotopic (exact) mass is 909 g/mol. The lowest BCUT2D eigenvalue weighted by atomic mass is 9.86. The number of hydrogen-bond acceptors (Lipinski definition) is 1. The van der Waals surface area contributed by atoms with Gasteiger partial charge in [-0.15, -0.1) is 0 Å². The molecule has 0 aromatic heterocycles. The normalized spacial score (nSPS) is 18.1. The molecule has 0 aliphatic carbocycles. The average Bonchev–Trinajstić information content (AvgIpc) is 2.94. The average molecular weight is 909 g/mol. The fraction of sp³-hybridized carbons (Fsp3) is 1.00. The first-order chi connectivity index (χ1) is 23.0. The van der Waals surface area contributed by atoms with Crippen molar-refractivity contribution in [3.8, 4) is 0 Å². The minimum atomic E-state index is -9.32. The first-order valence-corrected chi connectivity index (χ1v) is 12.2. The van der Waals surface area contributed by atoms with E-state index in [4.69, 9.17) is 0 Å². The van der Waals surface area contributed by atoms with E-state index in [0.717, 1.165) is 0 Å². The molecular formula is C20H9F34N. The Morgan fingerprint density at radius 1 is 0.218 bits per heavy atom. The molecule has 0 aliphatic heterocycles. The van der Waals surface area contributed by atoms with Gasteiger partial charge in [-0.2, -0.15) is 149 Å². The maximum absolute atomic E-state index is 14.3. The molecule has 1 N–H and O–H groups in total. The number of rotatable bonds is 16. The third-order valence-electron chi connectivity index (χ3n) is 7.08. The predicted octanol–water partition coefficient (Wildman–Crippen LogP) is 11.4. The summed E-state index contributed by atoms with van der Waals surface area (Å²) < 4.78 is 455. The third-order valence-corrected chi connectivity index (χ3v) is 7.08. The Labute approximate surface area is 277 Å². The van der Waals surface area contributed by atoms with Crippen LogP contribution >= 0.6 is 0 Å². The molecule has 0 amide bonds. The van der Waals surface area contributed by atoms with Gasteiger partial charge in [0.1, 0.15) is 0 Å². The maximum atomic E-state index is 14.3. The number of halogens is 34. The molecule has 332 valence electrons. The van der Waals surface area contributed by atoms with Gasteiger partial charge in [-0.1, -0.05) is 0 Å². The molecule has 55 heavy (non-hydrogen) atoms. The Hall–Kier alpha value is -2.42. The molecule has 0 saturated heterocycles. The minimum Gasteiger partial charge on any atom is -0.300 e. The predicted molar refractivity (Wildman–Crippen MR) is 103 cm³/mol. The summed E-state index contributed by atoms with van der Waals surface area (Å²) in [7, 11) is 0. The van der Waals surface area contributed by atoms with Gasteiger partial charge >= 0.3 is 95.3 Å². The van der Waals surface area contributed by atoms with Gasteiger partial charge in [-0.25, -0.2) is 0 Å². The number of nitrogens with one attached hydrogen (secondary N) is 1. The molecule has 0 spiro atoms. The smallest absolute Gasteiger partial charge is 0.300 e. The summed E-state index contributed by atoms with van der Waals surface area (Å²) in [6.07, 6.45) is -16.4. The van der Waals surface area contributed by atoms with E-state index in [9.17, 15) is 149 Å². The zero-order chi connectivity index (χ0) is 45.9. The molecule has 0 aromatic carbocycles. The highest BCUT2D eigenvalue weighted by Gasteiger charge is 2.97. The Kier molecular flexibility index (Phi) is 12.5. The van der Waals surface area contributed by atoms with Gasteiger partial charge in [0, 0.05) is 0 Å². The van der Waals surface area contributed by atoms with Crippen molar-refractivity contribution in [1.29, 1.82) is 0 Å². The molecule has 0 bridgehead atoms. The summed E-state index contributed by atoms with van der Waals surface area (Å²) in [5.74, 6) is -124. The molecule has 2 unspecified atom stereocenters. The van der Waals surface area contributed by atoms with Crippen LogP contribution in [0.25, 0.3) is 0 Å². The lowest BCUT2D eigenvalue weighted by molar-refractivity contribution is -0.463. The summed E-state index contributed by atoms with van der Waals surface area (Å²) in [6, 6.07) is -10.2. The van der Waals surface area contributed by atoms with Gasteiger partial charge in [0.2, 0.25) is 0 Å². The Morgan fingerprint density at radius 2 is 0.345 bits per heavy atom. The van der Waals surface area contributed by atoms with E-state index in [1.807, 2.05) is 0 Å². The first kappa shape index (κ1) is 52.6. The lowest BCUT2D eigenvalue weighted by Crippen LogP contribution is -2.77. The summed E-state index contributed by atoms with van der Waals surface area (Å²) in [5, 5.41) is -0.479. The van der Waals surface area contributed by atoms with Crippen molar-refractivity contribution in [1.82, 2.24) is 5.32 Å². The molecule has 35 heteroatoms. The summed E-state index contributed by atoms with van der Waals surface area (Å²) in [5.41, 5.74) is 0. The quantitative estimate of drug-likeness (QED) is 0.152. The minimum absolute atomic E-state index is 0.479. The zero-order valence-electron chi connectivity index (χ0n) is 24.5. The molecule has 1 nitrogen and oxygen atoms in total. The van der Waals surface area contributed by atoms with Crippen molar-refractivity contribution in [2.45, 2.75) is 121 Å². The van der Waals surface area contributed by atoms with Crippen LogP contribution in [-0.4, -0.2) is 107 Å². The fourth-order valence-electron chi connectivity index (χ4n) is 3.48. The summed E-state index contributed by atoms with van der Waals surface area (Å²) in [4.78, 5) is 0. The van der Waals surface area contributed by atoms with Crippen molar-refractivity contribution in [2.24, 2.45) is 0 Å². The van der Waals surface area contributed by atoms with Gasteiger partial charge in [0.15, 0.2) is 0 Å². The van der Waals surface area contributed by atoms with Gasteiger partial charge in [0.25, 0.3) is 0 Å². The molecule has 0 saturated carbocycles. The Bertz CT molecular complexity index is 1260. The second-order valence-corrected chi connectivity index (χ2v) is 10.7. The Morgan fingerprint density at radius 3 is 0.491 bits per heavy atom. The van der Waals surface area contributed by atoms with Crippen LogP contribution in [0.4, 0.5) is 149 Å². The highest BCUT2D eigenvalue weighted by Crippen LogP contribution is 2.66. The van der Waals surface area contributed by atoms with Crippen LogP contribution in [-0.2, 0) is 0 Å². The van der Waals surface area contributed by atoms with Crippen LogP contribution in [0.5, 0.6) is 0 Å². The van der Waals surface area contributed by atoms with Gasteiger partial charge in [-0.3, -0.25) is 0 Å². The van der Waals surface area contributed by atoms with Crippen molar-refractivity contribution in [3.63, 3.8) is 0 Å². The van der Waals surface area contributed by atoms with E-state index in [1.165, 1.54) is 0 Å². The van der Waals surface area contributed by atoms with Crippen LogP contribution in [0.1, 0.15) is 13.8 Å². The van der Waals surface area contributed by atoms with Crippen molar-refractivity contribution >= 4 is 0 Å². The van der Waals surface area contributed by atoms with Crippen molar-refractivity contribution in [2.75, 3.05) is 0 Å². The van der Waals surface area contributed by atoms with Crippen LogP contribution in [0.2, 0.25) is 0 Å². The van der Waals surface area contributed by atoms with E-state index in [-0.39, 0.29) is 0 Å². The highest BCUT2D eigenvalue weighted by molar-refractivity contribution is 5.18.